The summed E-state index contributed by atoms with van der Waals surface area (Å²) in [6.07, 6.45) is 0. The lowest BCUT2D eigenvalue weighted by Crippen LogP contribution is -2.23. The van der Waals surface area contributed by atoms with Gasteiger partial charge < -0.3 is 19.6 Å². The van der Waals surface area contributed by atoms with Gasteiger partial charge in [0.1, 0.15) is 11.5 Å². The Bertz CT molecular complexity index is 1310. The second-order valence-corrected chi connectivity index (χ2v) is 9.56. The molecule has 1 aliphatic rings. The van der Waals surface area contributed by atoms with Gasteiger partial charge in [-0.15, -0.1) is 0 Å². The van der Waals surface area contributed by atoms with E-state index in [4.69, 9.17) is 22.3 Å². The molecule has 0 saturated heterocycles. The maximum atomic E-state index is 12.1. The van der Waals surface area contributed by atoms with E-state index in [1.54, 1.807) is 12.1 Å². The van der Waals surface area contributed by atoms with Crippen LogP contribution in [0.5, 0.6) is 11.5 Å². The normalized spacial score (nSPS) is 12.4. The van der Waals surface area contributed by atoms with E-state index >= 15 is 0 Å². The first-order valence-corrected chi connectivity index (χ1v) is 13.9. The summed E-state index contributed by atoms with van der Waals surface area (Å²) in [5.41, 5.74) is 5.29. The Kier molecular flexibility index (Phi) is 9.37. The molecular weight excluding hydrogens is 508 g/mol. The minimum atomic E-state index is -4.67. The minimum Gasteiger partial charge on any atom is -0.478 e. The Morgan fingerprint density at radius 1 is 0.763 bits per heavy atom. The fourth-order valence-corrected chi connectivity index (χ4v) is 4.84. The number of rotatable bonds is 8. The molecular formula is C28H34N2O7S. The van der Waals surface area contributed by atoms with Crippen molar-refractivity contribution in [2.45, 2.75) is 33.6 Å². The van der Waals surface area contributed by atoms with Gasteiger partial charge in [0, 0.05) is 66.7 Å². The van der Waals surface area contributed by atoms with Crippen molar-refractivity contribution < 1.29 is 32.2 Å². The third kappa shape index (κ3) is 6.63. The van der Waals surface area contributed by atoms with Crippen LogP contribution in [0.2, 0.25) is 0 Å². The van der Waals surface area contributed by atoms with Crippen LogP contribution in [0.4, 0.5) is 11.4 Å². The summed E-state index contributed by atoms with van der Waals surface area (Å²) in [5, 5.41) is 9.91. The zero-order chi connectivity index (χ0) is 28.0. The predicted octanol–water partition coefficient (Wildman–Crippen LogP) is 5.71. The number of fused-ring (bicyclic) bond motifs is 2. The van der Waals surface area contributed by atoms with Crippen molar-refractivity contribution in [3.63, 3.8) is 0 Å². The fraction of sp³-hybridized carbons (Fsp3) is 0.321. The molecule has 0 bridgehead atoms. The summed E-state index contributed by atoms with van der Waals surface area (Å²) in [6, 6.07) is 19.9. The smallest absolute Gasteiger partial charge is 0.394 e. The highest BCUT2D eigenvalue weighted by Gasteiger charge is 2.32. The topological polar surface area (TPSA) is 128 Å². The number of aromatic carboxylic acids is 1. The van der Waals surface area contributed by atoms with Gasteiger partial charge in [-0.2, -0.15) is 8.42 Å². The summed E-state index contributed by atoms with van der Waals surface area (Å²) in [6.45, 7) is 12.2. The van der Waals surface area contributed by atoms with E-state index in [1.165, 1.54) is 0 Å². The molecule has 0 radical (unpaired) electrons. The van der Waals surface area contributed by atoms with E-state index in [0.29, 0.717) is 5.56 Å². The quantitative estimate of drug-likeness (QED) is 0.240. The number of carboxylic acid groups (broad SMARTS) is 1. The van der Waals surface area contributed by atoms with Crippen LogP contribution < -0.4 is 14.5 Å². The summed E-state index contributed by atoms with van der Waals surface area (Å²) in [5.74, 6) is 0.440. The van der Waals surface area contributed by atoms with Crippen LogP contribution >= 0.6 is 0 Å². The van der Waals surface area contributed by atoms with Crippen LogP contribution in [-0.2, 0) is 10.4 Å². The highest BCUT2D eigenvalue weighted by atomic mass is 32.3. The number of hydrogen-bond donors (Lipinski definition) is 3. The molecule has 3 N–H and O–H groups in total. The third-order valence-corrected chi connectivity index (χ3v) is 6.60. The molecule has 1 heterocycles. The van der Waals surface area contributed by atoms with Gasteiger partial charge in [0.05, 0.1) is 5.56 Å². The first-order chi connectivity index (χ1) is 18.0. The Morgan fingerprint density at radius 2 is 1.18 bits per heavy atom. The van der Waals surface area contributed by atoms with Gasteiger partial charge in [-0.05, 0) is 51.5 Å². The molecule has 3 aromatic rings. The molecule has 9 nitrogen and oxygen atoms in total. The van der Waals surface area contributed by atoms with E-state index in [-0.39, 0.29) is 5.92 Å². The van der Waals surface area contributed by atoms with Gasteiger partial charge in [-0.1, -0.05) is 30.3 Å². The number of ether oxygens (including phenoxy) is 1. The molecule has 0 fully saturated rings. The number of carbonyl (C=O) groups is 1. The van der Waals surface area contributed by atoms with E-state index < -0.39 is 16.4 Å². The second kappa shape index (κ2) is 12.3. The summed E-state index contributed by atoms with van der Waals surface area (Å²) in [4.78, 5) is 16.7. The third-order valence-electron chi connectivity index (χ3n) is 6.60. The van der Waals surface area contributed by atoms with Gasteiger partial charge in [0.15, 0.2) is 0 Å². The average molecular weight is 543 g/mol. The number of hydrogen-bond acceptors (Lipinski definition) is 6. The zero-order valence-electron chi connectivity index (χ0n) is 22.0. The van der Waals surface area contributed by atoms with E-state index in [2.05, 4.69) is 73.9 Å². The number of carboxylic acids is 1. The van der Waals surface area contributed by atoms with Crippen molar-refractivity contribution in [3.8, 4) is 11.5 Å². The average Bonchev–Trinajstić information content (AvgIpc) is 2.87. The van der Waals surface area contributed by atoms with Crippen LogP contribution in [0.1, 0.15) is 60.7 Å². The summed E-state index contributed by atoms with van der Waals surface area (Å²) < 4.78 is 38.1. The van der Waals surface area contributed by atoms with Crippen LogP contribution in [0, 0.1) is 0 Å². The molecule has 0 spiro atoms. The Hall–Kier alpha value is -3.60. The zero-order valence-corrected chi connectivity index (χ0v) is 22.8. The van der Waals surface area contributed by atoms with Gasteiger partial charge in [0.25, 0.3) is 0 Å². The molecule has 0 unspecified atom stereocenters. The molecule has 0 aromatic heterocycles. The monoisotopic (exact) mass is 542 g/mol. The second-order valence-electron chi connectivity index (χ2n) is 8.66. The van der Waals surface area contributed by atoms with Crippen molar-refractivity contribution >= 4 is 27.7 Å². The lowest BCUT2D eigenvalue weighted by Gasteiger charge is -2.32. The Morgan fingerprint density at radius 3 is 1.58 bits per heavy atom. The lowest BCUT2D eigenvalue weighted by molar-refractivity contribution is 0.0695. The molecule has 38 heavy (non-hydrogen) atoms. The first-order valence-electron chi connectivity index (χ1n) is 12.5. The highest BCUT2D eigenvalue weighted by molar-refractivity contribution is 7.79. The number of anilines is 2. The van der Waals surface area contributed by atoms with Crippen molar-refractivity contribution in [2.75, 3.05) is 36.0 Å². The summed E-state index contributed by atoms with van der Waals surface area (Å²) >= 11 is 0. The largest absolute Gasteiger partial charge is 0.478 e. The molecule has 0 aliphatic carbocycles. The van der Waals surface area contributed by atoms with E-state index in [1.807, 2.05) is 12.1 Å². The van der Waals surface area contributed by atoms with Crippen molar-refractivity contribution in [1.82, 2.24) is 0 Å². The highest BCUT2D eigenvalue weighted by Crippen LogP contribution is 2.50. The van der Waals surface area contributed by atoms with Gasteiger partial charge >= 0.3 is 16.4 Å². The van der Waals surface area contributed by atoms with Crippen LogP contribution in [0.25, 0.3) is 0 Å². The van der Waals surface area contributed by atoms with Gasteiger partial charge in [-0.25, -0.2) is 4.79 Å². The molecule has 0 amide bonds. The maximum absolute atomic E-state index is 12.1. The van der Waals surface area contributed by atoms with Gasteiger partial charge in [-0.3, -0.25) is 9.11 Å². The predicted molar refractivity (Wildman–Crippen MR) is 149 cm³/mol. The molecule has 204 valence electrons. The maximum Gasteiger partial charge on any atom is 0.394 e. The molecule has 4 rings (SSSR count). The van der Waals surface area contributed by atoms with Crippen LogP contribution in [-0.4, -0.2) is 54.8 Å². The molecule has 10 heteroatoms. The summed E-state index contributed by atoms with van der Waals surface area (Å²) in [7, 11) is -4.67. The SMILES string of the molecule is CCN(CC)c1ccc2c(c1)Oc1cc(N(CC)CC)ccc1C2c1ccccc1C(=O)O.O=S(=O)(O)O. The van der Waals surface area contributed by atoms with Crippen LogP contribution in [0.15, 0.2) is 60.7 Å². The first kappa shape index (κ1) is 29.0. The number of nitrogens with zero attached hydrogens (tertiary/aromatic N) is 2. The standard InChI is InChI=1S/C28H32N2O3.H2O4S/c1-5-29(6-2)19-13-15-23-25(17-19)33-26-18-20(30(7-3)8-4)14-16-24(26)27(23)21-11-9-10-12-22(21)28(31)32;1-5(2,3)4/h9-18,27H,5-8H2,1-4H3,(H,31,32);(H2,1,2,3,4). The van der Waals surface area contributed by atoms with Gasteiger partial charge in [0.2, 0.25) is 0 Å². The van der Waals surface area contributed by atoms with Crippen LogP contribution in [0.3, 0.4) is 0 Å². The fourth-order valence-electron chi connectivity index (χ4n) is 4.84. The van der Waals surface area contributed by atoms with E-state index in [0.717, 1.165) is 65.7 Å². The lowest BCUT2D eigenvalue weighted by atomic mass is 9.80. The molecule has 1 aliphatic heterocycles. The van der Waals surface area contributed by atoms with Crippen molar-refractivity contribution in [1.29, 1.82) is 0 Å². The molecule has 0 atom stereocenters. The van der Waals surface area contributed by atoms with Crippen molar-refractivity contribution in [2.24, 2.45) is 0 Å². The molecule has 0 saturated carbocycles. The minimum absolute atomic E-state index is 0.215. The van der Waals surface area contributed by atoms with Crippen molar-refractivity contribution in [3.05, 3.63) is 82.9 Å². The Balaban J connectivity index is 0.000000732. The van der Waals surface area contributed by atoms with E-state index in [9.17, 15) is 9.90 Å². The Labute approximate surface area is 223 Å². The molecule has 3 aromatic carbocycles. The number of benzene rings is 3.